The van der Waals surface area contributed by atoms with Crippen LogP contribution in [0.5, 0.6) is 11.6 Å². The minimum absolute atomic E-state index is 0.0250. The largest absolute Gasteiger partial charge is 0.439 e. The van der Waals surface area contributed by atoms with E-state index >= 15 is 0 Å². The summed E-state index contributed by atoms with van der Waals surface area (Å²) in [6.07, 6.45) is 1.65. The molecule has 1 aliphatic rings. The van der Waals surface area contributed by atoms with Crippen LogP contribution in [0, 0.1) is 11.7 Å². The van der Waals surface area contributed by atoms with Gasteiger partial charge < -0.3 is 10.1 Å². The molecule has 3 N–H and O–H groups in total. The summed E-state index contributed by atoms with van der Waals surface area (Å²) in [4.78, 5) is 16.9. The normalized spacial score (nSPS) is 18.4. The van der Waals surface area contributed by atoms with Gasteiger partial charge in [0.2, 0.25) is 11.8 Å². The predicted octanol–water partition coefficient (Wildman–Crippen LogP) is 3.09. The summed E-state index contributed by atoms with van der Waals surface area (Å²) in [5, 5.41) is 2.97. The number of ether oxygens (including phenoxy) is 1. The molecule has 1 aliphatic heterocycles. The molecule has 148 valence electrons. The average molecular weight is 392 g/mol. The van der Waals surface area contributed by atoms with Gasteiger partial charge in [0, 0.05) is 25.4 Å². The molecule has 2 unspecified atom stereocenters. The SMILES string of the molecule is O=C(NCc1ccc(Oc2ccc(F)cc2)nc1)C1CNNC1c1ccccc1. The van der Waals surface area contributed by atoms with Crippen LogP contribution in [0.3, 0.4) is 0 Å². The van der Waals surface area contributed by atoms with E-state index in [0.29, 0.717) is 24.7 Å². The highest BCUT2D eigenvalue weighted by Gasteiger charge is 2.33. The van der Waals surface area contributed by atoms with Crippen molar-refractivity contribution in [3.8, 4) is 11.6 Å². The molecule has 1 fully saturated rings. The summed E-state index contributed by atoms with van der Waals surface area (Å²) in [6.45, 7) is 0.939. The van der Waals surface area contributed by atoms with Crippen LogP contribution >= 0.6 is 0 Å². The van der Waals surface area contributed by atoms with E-state index in [2.05, 4.69) is 21.2 Å². The Labute approximate surface area is 168 Å². The van der Waals surface area contributed by atoms with E-state index in [1.54, 1.807) is 12.3 Å². The van der Waals surface area contributed by atoms with Crippen molar-refractivity contribution >= 4 is 5.91 Å². The molecule has 2 heterocycles. The molecular weight excluding hydrogens is 371 g/mol. The quantitative estimate of drug-likeness (QED) is 0.601. The van der Waals surface area contributed by atoms with Crippen molar-refractivity contribution in [2.24, 2.45) is 5.92 Å². The van der Waals surface area contributed by atoms with Crippen molar-refractivity contribution in [1.29, 1.82) is 0 Å². The zero-order valence-electron chi connectivity index (χ0n) is 15.6. The molecule has 0 spiro atoms. The highest BCUT2D eigenvalue weighted by atomic mass is 19.1. The number of amides is 1. The maximum atomic E-state index is 12.9. The average Bonchev–Trinajstić information content (AvgIpc) is 3.25. The first-order chi connectivity index (χ1) is 14.2. The fraction of sp³-hybridized carbons (Fsp3) is 0.182. The van der Waals surface area contributed by atoms with E-state index in [0.717, 1.165) is 11.1 Å². The Morgan fingerprint density at radius 1 is 1.10 bits per heavy atom. The van der Waals surface area contributed by atoms with Gasteiger partial charge in [-0.1, -0.05) is 36.4 Å². The van der Waals surface area contributed by atoms with Crippen LogP contribution in [0.4, 0.5) is 4.39 Å². The second kappa shape index (κ2) is 8.81. The number of nitrogens with zero attached hydrogens (tertiary/aromatic N) is 1. The minimum atomic E-state index is -0.321. The van der Waals surface area contributed by atoms with Gasteiger partial charge in [0.25, 0.3) is 0 Å². The second-order valence-electron chi connectivity index (χ2n) is 6.80. The first-order valence-electron chi connectivity index (χ1n) is 9.38. The third-order valence-corrected chi connectivity index (χ3v) is 4.78. The van der Waals surface area contributed by atoms with E-state index in [-0.39, 0.29) is 23.7 Å². The monoisotopic (exact) mass is 392 g/mol. The Kier molecular flexibility index (Phi) is 5.79. The third kappa shape index (κ3) is 4.77. The highest BCUT2D eigenvalue weighted by molar-refractivity contribution is 5.80. The molecule has 0 radical (unpaired) electrons. The molecule has 1 aromatic heterocycles. The lowest BCUT2D eigenvalue weighted by Crippen LogP contribution is -2.34. The number of hydrazine groups is 1. The van der Waals surface area contributed by atoms with Crippen molar-refractivity contribution in [2.45, 2.75) is 12.6 Å². The van der Waals surface area contributed by atoms with Gasteiger partial charge in [-0.05, 0) is 35.4 Å². The molecule has 1 amide bonds. The highest BCUT2D eigenvalue weighted by Crippen LogP contribution is 2.25. The van der Waals surface area contributed by atoms with Crippen LogP contribution in [0.1, 0.15) is 17.2 Å². The van der Waals surface area contributed by atoms with Crippen LogP contribution in [0.15, 0.2) is 72.9 Å². The molecule has 1 saturated heterocycles. The van der Waals surface area contributed by atoms with Gasteiger partial charge in [-0.25, -0.2) is 14.8 Å². The molecule has 3 aromatic rings. The number of hydrogen-bond acceptors (Lipinski definition) is 5. The Balaban J connectivity index is 1.32. The molecule has 29 heavy (non-hydrogen) atoms. The fourth-order valence-corrected chi connectivity index (χ4v) is 3.24. The molecule has 0 bridgehead atoms. The van der Waals surface area contributed by atoms with Crippen molar-refractivity contribution in [1.82, 2.24) is 21.2 Å². The summed E-state index contributed by atoms with van der Waals surface area (Å²) in [5.74, 6) is 0.362. The zero-order valence-corrected chi connectivity index (χ0v) is 15.6. The van der Waals surface area contributed by atoms with Gasteiger partial charge >= 0.3 is 0 Å². The fourth-order valence-electron chi connectivity index (χ4n) is 3.24. The van der Waals surface area contributed by atoms with Gasteiger partial charge in [-0.15, -0.1) is 0 Å². The van der Waals surface area contributed by atoms with Crippen molar-refractivity contribution < 1.29 is 13.9 Å². The molecular formula is C22H21FN4O2. The number of aromatic nitrogens is 1. The number of halogens is 1. The van der Waals surface area contributed by atoms with Crippen LogP contribution in [-0.2, 0) is 11.3 Å². The number of carbonyl (C=O) groups excluding carboxylic acids is 1. The second-order valence-corrected chi connectivity index (χ2v) is 6.80. The summed E-state index contributed by atoms with van der Waals surface area (Å²) in [6, 6.07) is 19.1. The van der Waals surface area contributed by atoms with Crippen molar-refractivity contribution in [3.63, 3.8) is 0 Å². The van der Waals surface area contributed by atoms with E-state index < -0.39 is 0 Å². The number of nitrogens with one attached hydrogen (secondary N) is 3. The summed E-state index contributed by atoms with van der Waals surface area (Å²) >= 11 is 0. The smallest absolute Gasteiger partial charge is 0.226 e. The van der Waals surface area contributed by atoms with Crippen LogP contribution in [0.25, 0.3) is 0 Å². The van der Waals surface area contributed by atoms with E-state index in [1.165, 1.54) is 24.3 Å². The lowest BCUT2D eigenvalue weighted by molar-refractivity contribution is -0.125. The zero-order chi connectivity index (χ0) is 20.1. The predicted molar refractivity (Wildman–Crippen MR) is 106 cm³/mol. The minimum Gasteiger partial charge on any atom is -0.439 e. The van der Waals surface area contributed by atoms with Crippen LogP contribution < -0.4 is 20.9 Å². The van der Waals surface area contributed by atoms with Crippen molar-refractivity contribution in [3.05, 3.63) is 89.9 Å². The molecule has 0 aliphatic carbocycles. The standard InChI is InChI=1S/C22H21FN4O2/c23-17-7-9-18(10-8-17)29-20-11-6-15(12-24-20)13-25-22(28)19-14-26-27-21(19)16-4-2-1-3-5-16/h1-12,19,21,26-27H,13-14H2,(H,25,28). The van der Waals surface area contributed by atoms with Gasteiger partial charge in [-0.3, -0.25) is 10.2 Å². The number of carbonyl (C=O) groups is 1. The van der Waals surface area contributed by atoms with Gasteiger partial charge in [0.05, 0.1) is 12.0 Å². The topological polar surface area (TPSA) is 75.3 Å². The van der Waals surface area contributed by atoms with E-state index in [1.807, 2.05) is 36.4 Å². The molecule has 4 rings (SSSR count). The maximum Gasteiger partial charge on any atom is 0.226 e. The number of rotatable bonds is 6. The molecule has 6 nitrogen and oxygen atoms in total. The first-order valence-corrected chi connectivity index (χ1v) is 9.38. The summed E-state index contributed by atoms with van der Waals surface area (Å²) in [7, 11) is 0. The Hall–Kier alpha value is -3.29. The molecule has 2 atom stereocenters. The Bertz CT molecular complexity index is 949. The Morgan fingerprint density at radius 3 is 2.62 bits per heavy atom. The summed E-state index contributed by atoms with van der Waals surface area (Å²) < 4.78 is 18.5. The van der Waals surface area contributed by atoms with Crippen LogP contribution in [0.2, 0.25) is 0 Å². The maximum absolute atomic E-state index is 12.9. The number of hydrogen-bond donors (Lipinski definition) is 3. The molecule has 7 heteroatoms. The lowest BCUT2D eigenvalue weighted by Gasteiger charge is -2.18. The van der Waals surface area contributed by atoms with Gasteiger partial charge in [-0.2, -0.15) is 0 Å². The van der Waals surface area contributed by atoms with Crippen molar-refractivity contribution in [2.75, 3.05) is 6.54 Å². The molecule has 0 saturated carbocycles. The Morgan fingerprint density at radius 2 is 1.90 bits per heavy atom. The number of pyridine rings is 1. The van der Waals surface area contributed by atoms with Gasteiger partial charge in [0.15, 0.2) is 0 Å². The number of benzene rings is 2. The van der Waals surface area contributed by atoms with Crippen LogP contribution in [-0.4, -0.2) is 17.4 Å². The van der Waals surface area contributed by atoms with E-state index in [4.69, 9.17) is 4.74 Å². The first kappa shape index (κ1) is 19.0. The van der Waals surface area contributed by atoms with Gasteiger partial charge in [0.1, 0.15) is 11.6 Å². The lowest BCUT2D eigenvalue weighted by atomic mass is 9.94. The molecule has 2 aromatic carbocycles. The third-order valence-electron chi connectivity index (χ3n) is 4.78. The van der Waals surface area contributed by atoms with E-state index in [9.17, 15) is 9.18 Å². The summed E-state index contributed by atoms with van der Waals surface area (Å²) in [5.41, 5.74) is 8.18.